The number of nitrogens with zero attached hydrogens (tertiary/aromatic N) is 3. The number of hydrogen-bond donors (Lipinski definition) is 1. The summed E-state index contributed by atoms with van der Waals surface area (Å²) in [7, 11) is 1.55. The molecule has 0 aliphatic carbocycles. The fourth-order valence-electron chi connectivity index (χ4n) is 5.37. The van der Waals surface area contributed by atoms with Crippen LogP contribution in [-0.2, 0) is 16.1 Å². The molecule has 2 amide bonds. The summed E-state index contributed by atoms with van der Waals surface area (Å²) in [5.74, 6) is 0.215. The zero-order chi connectivity index (χ0) is 31.1. The number of ether oxygens (including phenoxy) is 3. The van der Waals surface area contributed by atoms with Gasteiger partial charge in [0.05, 0.1) is 37.2 Å². The lowest BCUT2D eigenvalue weighted by Gasteiger charge is -2.41. The van der Waals surface area contributed by atoms with Crippen molar-refractivity contribution in [1.29, 1.82) is 0 Å². The van der Waals surface area contributed by atoms with Crippen LogP contribution in [0.25, 0.3) is 22.5 Å². The summed E-state index contributed by atoms with van der Waals surface area (Å²) < 4.78 is 19.2. The number of aromatic nitrogens is 2. The van der Waals surface area contributed by atoms with Crippen molar-refractivity contribution in [3.05, 3.63) is 87.6 Å². The second-order valence-electron chi connectivity index (χ2n) is 10.8. The summed E-state index contributed by atoms with van der Waals surface area (Å²) in [6, 6.07) is 8.72. The second kappa shape index (κ2) is 11.9. The lowest BCUT2D eigenvalue weighted by atomic mass is 9.94. The molecule has 1 aromatic heterocycles. The van der Waals surface area contributed by atoms with Crippen LogP contribution in [0.4, 0.5) is 0 Å². The molecule has 11 heteroatoms. The van der Waals surface area contributed by atoms with E-state index in [4.69, 9.17) is 48.2 Å². The predicted octanol–water partition coefficient (Wildman–Crippen LogP) is 6.00. The number of primary amides is 1. The number of rotatable bonds is 7. The Morgan fingerprint density at radius 1 is 1.16 bits per heavy atom. The predicted molar refractivity (Wildman–Crippen MR) is 167 cm³/mol. The first-order chi connectivity index (χ1) is 20.5. The number of carbonyl (C=O) groups is 2. The van der Waals surface area contributed by atoms with Crippen molar-refractivity contribution >= 4 is 40.6 Å². The number of hydrogen-bond acceptors (Lipinski definition) is 6. The first kappa shape index (κ1) is 30.4. The van der Waals surface area contributed by atoms with Gasteiger partial charge in [-0.3, -0.25) is 9.59 Å². The van der Waals surface area contributed by atoms with Gasteiger partial charge in [0.15, 0.2) is 5.69 Å². The average molecular weight is 624 g/mol. The Labute approximate surface area is 260 Å². The third-order valence-corrected chi connectivity index (χ3v) is 7.97. The van der Waals surface area contributed by atoms with Crippen LogP contribution in [0, 0.1) is 0 Å². The molecule has 0 atom stereocenters. The van der Waals surface area contributed by atoms with E-state index in [1.54, 1.807) is 66.1 Å². The van der Waals surface area contributed by atoms with E-state index in [0.717, 1.165) is 0 Å². The van der Waals surface area contributed by atoms with Crippen LogP contribution >= 0.6 is 23.2 Å². The van der Waals surface area contributed by atoms with E-state index in [1.165, 1.54) is 0 Å². The quantitative estimate of drug-likeness (QED) is 0.256. The minimum absolute atomic E-state index is 0.0968. The Morgan fingerprint density at radius 2 is 1.88 bits per heavy atom. The number of nitrogens with two attached hydrogens (primary N) is 1. The monoisotopic (exact) mass is 622 g/mol. The molecule has 2 aromatic carbocycles. The molecule has 43 heavy (non-hydrogen) atoms. The Morgan fingerprint density at radius 3 is 2.49 bits per heavy atom. The first-order valence-electron chi connectivity index (χ1n) is 13.6. The molecule has 1 fully saturated rings. The SMILES string of the molecule is C=C/C(=C\C(=C/C)C(N)=O)c1cc2c(cc1OC)OCc1c(C(=O)N3CCOCC3(C)C)nn(-c3cc(Cl)cc(Cl)c3)c1-2. The van der Waals surface area contributed by atoms with Gasteiger partial charge in [-0.2, -0.15) is 5.10 Å². The number of morpholine rings is 1. The third kappa shape index (κ3) is 5.68. The van der Waals surface area contributed by atoms with Crippen molar-refractivity contribution in [3.63, 3.8) is 0 Å². The Kier molecular flexibility index (Phi) is 8.42. The lowest BCUT2D eigenvalue weighted by molar-refractivity contribution is -0.114. The standard InChI is InChI=1S/C32H32Cl2N4O5/c1-6-18(10-19(7-2)30(35)39)23-14-24-27(15-26(23)41-5)43-16-25-28(31(40)37-8-9-42-17-32(37,3)4)36-38(29(24)25)22-12-20(33)11-21(34)13-22/h6-7,10-15H,1,8-9,16-17H2,2-5H3,(H2,35,39)/b18-10+,19-7+. The smallest absolute Gasteiger partial charge is 0.275 e. The molecule has 224 valence electrons. The highest BCUT2D eigenvalue weighted by Gasteiger charge is 2.39. The highest BCUT2D eigenvalue weighted by atomic mass is 35.5. The third-order valence-electron chi connectivity index (χ3n) is 7.53. The molecular formula is C32H32Cl2N4O5. The average Bonchev–Trinajstić information content (AvgIpc) is 3.36. The minimum Gasteiger partial charge on any atom is -0.496 e. The fraction of sp³-hybridized carbons (Fsp3) is 0.281. The zero-order valence-corrected chi connectivity index (χ0v) is 25.9. The van der Waals surface area contributed by atoms with Crippen LogP contribution in [-0.4, -0.2) is 58.9 Å². The van der Waals surface area contributed by atoms with E-state index < -0.39 is 11.4 Å². The number of carbonyl (C=O) groups excluding carboxylic acids is 2. The van der Waals surface area contributed by atoms with E-state index >= 15 is 0 Å². The van der Waals surface area contributed by atoms with E-state index in [2.05, 4.69) is 6.58 Å². The maximum absolute atomic E-state index is 14.1. The Hall–Kier alpha value is -4.05. The summed E-state index contributed by atoms with van der Waals surface area (Å²) in [5, 5.41) is 5.69. The molecule has 3 aromatic rings. The number of allylic oxidation sites excluding steroid dienone is 3. The van der Waals surface area contributed by atoms with Crippen LogP contribution in [0.1, 0.15) is 42.4 Å². The molecule has 2 aliphatic heterocycles. The van der Waals surface area contributed by atoms with Gasteiger partial charge in [0, 0.05) is 44.9 Å². The van der Waals surface area contributed by atoms with Crippen molar-refractivity contribution in [2.75, 3.05) is 26.9 Å². The molecule has 0 unspecified atom stereocenters. The van der Waals surface area contributed by atoms with Crippen LogP contribution in [0.3, 0.4) is 0 Å². The van der Waals surface area contributed by atoms with Gasteiger partial charge in [0.2, 0.25) is 5.91 Å². The van der Waals surface area contributed by atoms with Gasteiger partial charge >= 0.3 is 0 Å². The van der Waals surface area contributed by atoms with Crippen LogP contribution in [0.15, 0.2) is 60.7 Å². The van der Waals surface area contributed by atoms with E-state index in [9.17, 15) is 9.59 Å². The zero-order valence-electron chi connectivity index (χ0n) is 24.4. The molecule has 0 bridgehead atoms. The first-order valence-corrected chi connectivity index (χ1v) is 14.4. The van der Waals surface area contributed by atoms with Crippen molar-refractivity contribution in [2.45, 2.75) is 32.9 Å². The fourth-order valence-corrected chi connectivity index (χ4v) is 5.88. The number of halogens is 2. The van der Waals surface area contributed by atoms with Crippen molar-refractivity contribution in [3.8, 4) is 28.4 Å². The molecule has 0 radical (unpaired) electrons. The van der Waals surface area contributed by atoms with Crippen LogP contribution < -0.4 is 15.2 Å². The summed E-state index contributed by atoms with van der Waals surface area (Å²) in [6.45, 7) is 11.0. The molecule has 2 aliphatic rings. The topological polar surface area (TPSA) is 109 Å². The number of fused-ring (bicyclic) bond motifs is 3. The van der Waals surface area contributed by atoms with E-state index in [-0.39, 0.29) is 18.2 Å². The molecule has 5 rings (SSSR count). The molecule has 3 heterocycles. The second-order valence-corrected chi connectivity index (χ2v) is 11.7. The van der Waals surface area contributed by atoms with E-state index in [1.807, 2.05) is 19.9 Å². The largest absolute Gasteiger partial charge is 0.496 e. The normalized spacial score (nSPS) is 16.2. The van der Waals surface area contributed by atoms with Gasteiger partial charge in [0.1, 0.15) is 18.1 Å². The summed E-state index contributed by atoms with van der Waals surface area (Å²) in [4.78, 5) is 27.9. The van der Waals surface area contributed by atoms with Gasteiger partial charge < -0.3 is 24.8 Å². The van der Waals surface area contributed by atoms with Gasteiger partial charge in [-0.05, 0) is 56.7 Å². The van der Waals surface area contributed by atoms with Crippen molar-refractivity contribution < 1.29 is 23.8 Å². The van der Waals surface area contributed by atoms with Gasteiger partial charge in [-0.1, -0.05) is 41.9 Å². The van der Waals surface area contributed by atoms with Crippen LogP contribution in [0.2, 0.25) is 10.0 Å². The van der Waals surface area contributed by atoms with Crippen molar-refractivity contribution in [1.82, 2.24) is 14.7 Å². The summed E-state index contributed by atoms with van der Waals surface area (Å²) in [6.07, 6.45) is 4.89. The van der Waals surface area contributed by atoms with Crippen LogP contribution in [0.5, 0.6) is 11.5 Å². The highest BCUT2D eigenvalue weighted by Crippen LogP contribution is 2.46. The number of methoxy groups -OCH3 is 1. The summed E-state index contributed by atoms with van der Waals surface area (Å²) >= 11 is 12.8. The molecule has 9 nitrogen and oxygen atoms in total. The molecule has 0 saturated carbocycles. The molecule has 1 saturated heterocycles. The maximum Gasteiger partial charge on any atom is 0.275 e. The molecular weight excluding hydrogens is 591 g/mol. The molecule has 0 spiro atoms. The number of amides is 2. The Balaban J connectivity index is 1.77. The Bertz CT molecular complexity index is 1690. The lowest BCUT2D eigenvalue weighted by Crippen LogP contribution is -2.55. The molecule has 2 N–H and O–H groups in total. The van der Waals surface area contributed by atoms with Gasteiger partial charge in [-0.25, -0.2) is 4.68 Å². The van der Waals surface area contributed by atoms with Gasteiger partial charge in [0.25, 0.3) is 5.91 Å². The minimum atomic E-state index is -0.575. The summed E-state index contributed by atoms with van der Waals surface area (Å²) in [5.41, 5.74) is 9.32. The maximum atomic E-state index is 14.1. The highest BCUT2D eigenvalue weighted by molar-refractivity contribution is 6.34. The van der Waals surface area contributed by atoms with E-state index in [0.29, 0.717) is 80.5 Å². The van der Waals surface area contributed by atoms with Crippen molar-refractivity contribution in [2.24, 2.45) is 5.73 Å². The van der Waals surface area contributed by atoms with Gasteiger partial charge in [-0.15, -0.1) is 0 Å². The number of benzene rings is 2.